The number of nitrogens with one attached hydrogen (secondary N) is 1. The van der Waals surface area contributed by atoms with Gasteiger partial charge in [-0.05, 0) is 37.5 Å². The zero-order valence-corrected chi connectivity index (χ0v) is 12.1. The third kappa shape index (κ3) is 2.06. The molecule has 0 bridgehead atoms. The number of nitrogens with zero attached hydrogens (tertiary/aromatic N) is 3. The Labute approximate surface area is 127 Å². The molecule has 3 heterocycles. The van der Waals surface area contributed by atoms with Gasteiger partial charge in [0.1, 0.15) is 0 Å². The molecule has 0 amide bonds. The Bertz CT molecular complexity index is 721. The summed E-state index contributed by atoms with van der Waals surface area (Å²) in [5, 5.41) is 21.6. The van der Waals surface area contributed by atoms with Gasteiger partial charge >= 0.3 is 0 Å². The van der Waals surface area contributed by atoms with Crippen molar-refractivity contribution in [3.63, 3.8) is 0 Å². The minimum Gasteiger partial charge on any atom is -0.504 e. The number of rotatable bonds is 1. The van der Waals surface area contributed by atoms with Crippen LogP contribution in [0.2, 0.25) is 0 Å². The van der Waals surface area contributed by atoms with Crippen molar-refractivity contribution >= 4 is 11.5 Å². The Kier molecular flexibility index (Phi) is 3.10. The Morgan fingerprint density at radius 2 is 2.18 bits per heavy atom. The lowest BCUT2D eigenvalue weighted by Crippen LogP contribution is -2.47. The smallest absolute Gasteiger partial charge is 0.172 e. The lowest BCUT2D eigenvalue weighted by molar-refractivity contribution is 0.434. The van der Waals surface area contributed by atoms with Crippen LogP contribution in [0.15, 0.2) is 24.3 Å². The lowest BCUT2D eigenvalue weighted by atomic mass is 9.99. The average Bonchev–Trinajstić information content (AvgIpc) is 2.57. The van der Waals surface area contributed by atoms with Gasteiger partial charge in [0.2, 0.25) is 0 Å². The number of phenolic OH excluding ortho intramolecular Hbond substituents is 1. The van der Waals surface area contributed by atoms with Crippen LogP contribution in [0.3, 0.4) is 0 Å². The van der Waals surface area contributed by atoms with Crippen molar-refractivity contribution in [1.82, 2.24) is 10.2 Å². The summed E-state index contributed by atoms with van der Waals surface area (Å²) < 4.78 is 13.6. The minimum absolute atomic E-state index is 0.370. The maximum absolute atomic E-state index is 13.6. The highest BCUT2D eigenvalue weighted by Gasteiger charge is 2.30. The van der Waals surface area contributed by atoms with Crippen molar-refractivity contribution in [2.24, 2.45) is 0 Å². The van der Waals surface area contributed by atoms with Crippen LogP contribution < -0.4 is 10.2 Å². The van der Waals surface area contributed by atoms with E-state index in [-0.39, 0.29) is 5.75 Å². The highest BCUT2D eigenvalue weighted by Crippen LogP contribution is 2.37. The van der Waals surface area contributed by atoms with Crippen LogP contribution in [0, 0.1) is 5.82 Å². The maximum Gasteiger partial charge on any atom is 0.172 e. The monoisotopic (exact) mass is 300 g/mol. The molecule has 1 aromatic heterocycles. The minimum atomic E-state index is -0.647. The molecule has 1 fully saturated rings. The summed E-state index contributed by atoms with van der Waals surface area (Å²) in [5.41, 5.74) is 1.85. The van der Waals surface area contributed by atoms with E-state index in [1.807, 2.05) is 6.07 Å². The second kappa shape index (κ2) is 5.12. The van der Waals surface area contributed by atoms with Gasteiger partial charge in [-0.2, -0.15) is 0 Å². The van der Waals surface area contributed by atoms with Gasteiger partial charge in [-0.3, -0.25) is 0 Å². The topological polar surface area (TPSA) is 61.3 Å². The van der Waals surface area contributed by atoms with Crippen LogP contribution in [0.1, 0.15) is 19.3 Å². The van der Waals surface area contributed by atoms with Crippen molar-refractivity contribution in [1.29, 1.82) is 0 Å². The molecule has 2 aliphatic rings. The van der Waals surface area contributed by atoms with E-state index in [0.29, 0.717) is 17.3 Å². The molecule has 1 saturated heterocycles. The van der Waals surface area contributed by atoms with Gasteiger partial charge in [0, 0.05) is 24.7 Å². The number of fused-ring (bicyclic) bond motifs is 3. The number of hydrogen-bond acceptors (Lipinski definition) is 5. The van der Waals surface area contributed by atoms with Crippen molar-refractivity contribution in [3.05, 3.63) is 30.1 Å². The molecular weight excluding hydrogens is 283 g/mol. The van der Waals surface area contributed by atoms with Crippen LogP contribution in [-0.2, 0) is 0 Å². The Morgan fingerprint density at radius 1 is 1.27 bits per heavy atom. The number of halogens is 1. The molecule has 2 aliphatic heterocycles. The summed E-state index contributed by atoms with van der Waals surface area (Å²) in [7, 11) is 0. The van der Waals surface area contributed by atoms with Crippen LogP contribution >= 0.6 is 0 Å². The number of aromatic hydroxyl groups is 1. The van der Waals surface area contributed by atoms with Crippen molar-refractivity contribution in [2.75, 3.05) is 23.3 Å². The average molecular weight is 300 g/mol. The van der Waals surface area contributed by atoms with Crippen LogP contribution in [-0.4, -0.2) is 34.4 Å². The second-order valence-corrected chi connectivity index (χ2v) is 5.82. The van der Waals surface area contributed by atoms with E-state index >= 15 is 0 Å². The first kappa shape index (κ1) is 13.3. The summed E-state index contributed by atoms with van der Waals surface area (Å²) in [6.45, 7) is 1.88. The third-order valence-electron chi connectivity index (χ3n) is 4.48. The molecule has 114 valence electrons. The van der Waals surface area contributed by atoms with Gasteiger partial charge in [-0.1, -0.05) is 6.07 Å². The summed E-state index contributed by atoms with van der Waals surface area (Å²) in [4.78, 5) is 2.35. The molecule has 22 heavy (non-hydrogen) atoms. The molecule has 5 nitrogen and oxygen atoms in total. The molecule has 1 unspecified atom stereocenters. The van der Waals surface area contributed by atoms with E-state index in [2.05, 4.69) is 20.4 Å². The van der Waals surface area contributed by atoms with Crippen molar-refractivity contribution < 1.29 is 9.50 Å². The molecule has 6 heteroatoms. The van der Waals surface area contributed by atoms with Gasteiger partial charge in [0.05, 0.1) is 11.4 Å². The highest BCUT2D eigenvalue weighted by atomic mass is 19.1. The van der Waals surface area contributed by atoms with Crippen molar-refractivity contribution in [2.45, 2.75) is 25.3 Å². The number of phenols is 1. The third-order valence-corrected chi connectivity index (χ3v) is 4.48. The highest BCUT2D eigenvalue weighted by molar-refractivity contribution is 5.76. The Morgan fingerprint density at radius 3 is 3.09 bits per heavy atom. The fourth-order valence-corrected chi connectivity index (χ4v) is 3.32. The molecule has 1 atom stereocenters. The summed E-state index contributed by atoms with van der Waals surface area (Å²) in [6.07, 6.45) is 3.57. The van der Waals surface area contributed by atoms with E-state index in [9.17, 15) is 9.50 Å². The van der Waals surface area contributed by atoms with Gasteiger partial charge in [-0.25, -0.2) is 4.39 Å². The zero-order chi connectivity index (χ0) is 15.1. The second-order valence-electron chi connectivity index (χ2n) is 5.82. The summed E-state index contributed by atoms with van der Waals surface area (Å²) >= 11 is 0. The number of aromatic nitrogens is 2. The number of hydrogen-bond donors (Lipinski definition) is 2. The van der Waals surface area contributed by atoms with E-state index < -0.39 is 5.82 Å². The van der Waals surface area contributed by atoms with E-state index in [1.165, 1.54) is 18.9 Å². The van der Waals surface area contributed by atoms with Gasteiger partial charge in [0.25, 0.3) is 0 Å². The Balaban J connectivity index is 1.79. The van der Waals surface area contributed by atoms with Crippen LogP contribution in [0.4, 0.5) is 15.9 Å². The largest absolute Gasteiger partial charge is 0.504 e. The van der Waals surface area contributed by atoms with Gasteiger partial charge in [-0.15, -0.1) is 10.2 Å². The molecular formula is C16H17FN4O. The van der Waals surface area contributed by atoms with Crippen LogP contribution in [0.5, 0.6) is 5.75 Å². The molecule has 0 spiro atoms. The van der Waals surface area contributed by atoms with Crippen LogP contribution in [0.25, 0.3) is 11.3 Å². The van der Waals surface area contributed by atoms with E-state index in [4.69, 9.17) is 0 Å². The molecule has 2 N–H and O–H groups in total. The first-order valence-electron chi connectivity index (χ1n) is 7.60. The Hall–Kier alpha value is -2.37. The fraction of sp³-hybridized carbons (Fsp3) is 0.375. The summed E-state index contributed by atoms with van der Waals surface area (Å²) in [6, 6.07) is 6.81. The molecule has 2 aromatic rings. The normalized spacial score (nSPS) is 20.0. The number of piperidine rings is 1. The quantitative estimate of drug-likeness (QED) is 0.848. The summed E-state index contributed by atoms with van der Waals surface area (Å²) in [5.74, 6) is -0.264. The van der Waals surface area contributed by atoms with Crippen molar-refractivity contribution in [3.8, 4) is 17.0 Å². The zero-order valence-electron chi connectivity index (χ0n) is 12.1. The van der Waals surface area contributed by atoms with E-state index in [1.54, 1.807) is 12.1 Å². The first-order chi connectivity index (χ1) is 10.7. The standard InChI is InChI=1S/C16H17FN4O/c17-12-6-3-5-11(15(12)22)13-8-14-16(20-19-13)18-9-10-4-1-2-7-21(10)14/h3,5-6,8,10,22H,1-2,4,7,9H2,(H,18,20). The molecule has 0 radical (unpaired) electrons. The first-order valence-corrected chi connectivity index (χ1v) is 7.60. The SMILES string of the molecule is Oc1c(F)cccc1-c1cc2c(nn1)NCC1CCCCN21. The maximum atomic E-state index is 13.6. The predicted molar refractivity (Wildman–Crippen MR) is 82.6 cm³/mol. The number of benzene rings is 1. The predicted octanol–water partition coefficient (Wildman–Crippen LogP) is 2.77. The molecule has 0 saturated carbocycles. The number of para-hydroxylation sites is 1. The van der Waals surface area contributed by atoms with Gasteiger partial charge < -0.3 is 15.3 Å². The fourth-order valence-electron chi connectivity index (χ4n) is 3.32. The van der Waals surface area contributed by atoms with Gasteiger partial charge in [0.15, 0.2) is 17.4 Å². The van der Waals surface area contributed by atoms with E-state index in [0.717, 1.165) is 31.0 Å². The molecule has 1 aromatic carbocycles. The lowest BCUT2D eigenvalue weighted by Gasteiger charge is -2.41. The number of anilines is 2. The molecule has 0 aliphatic carbocycles. The molecule has 4 rings (SSSR count).